The SMILES string of the molecule is CCCNC(=O)CN(CCC)C(=O)C(C)CN.Cl. The number of carbonyl (C=O) groups excluding carboxylic acids is 2. The van der Waals surface area contributed by atoms with Crippen LogP contribution in [0.2, 0.25) is 0 Å². The lowest BCUT2D eigenvalue weighted by atomic mass is 10.1. The van der Waals surface area contributed by atoms with E-state index in [0.29, 0.717) is 19.6 Å². The summed E-state index contributed by atoms with van der Waals surface area (Å²) in [5.41, 5.74) is 5.47. The van der Waals surface area contributed by atoms with E-state index in [0.717, 1.165) is 12.8 Å². The highest BCUT2D eigenvalue weighted by molar-refractivity contribution is 5.86. The lowest BCUT2D eigenvalue weighted by Gasteiger charge is -2.24. The third kappa shape index (κ3) is 7.50. The van der Waals surface area contributed by atoms with Gasteiger partial charge < -0.3 is 16.0 Å². The van der Waals surface area contributed by atoms with Gasteiger partial charge in [0.15, 0.2) is 0 Å². The van der Waals surface area contributed by atoms with Gasteiger partial charge in [0.1, 0.15) is 0 Å². The number of hydrogen-bond donors (Lipinski definition) is 2. The zero-order chi connectivity index (χ0) is 13.3. The van der Waals surface area contributed by atoms with Crippen LogP contribution in [0.15, 0.2) is 0 Å². The van der Waals surface area contributed by atoms with Crippen LogP contribution in [-0.2, 0) is 9.59 Å². The minimum atomic E-state index is -0.222. The van der Waals surface area contributed by atoms with Crippen LogP contribution < -0.4 is 11.1 Å². The molecule has 0 heterocycles. The molecule has 0 saturated carbocycles. The molecule has 0 bridgehead atoms. The summed E-state index contributed by atoms with van der Waals surface area (Å²) in [6.45, 7) is 7.47. The number of nitrogens with one attached hydrogen (secondary N) is 1. The molecule has 0 radical (unpaired) electrons. The normalized spacial score (nSPS) is 11.3. The maximum Gasteiger partial charge on any atom is 0.239 e. The number of halogens is 1. The fraction of sp³-hybridized carbons (Fsp3) is 0.833. The Kier molecular flexibility index (Phi) is 12.2. The molecule has 0 spiro atoms. The van der Waals surface area contributed by atoms with E-state index in [2.05, 4.69) is 5.32 Å². The van der Waals surface area contributed by atoms with Gasteiger partial charge in [-0.25, -0.2) is 0 Å². The van der Waals surface area contributed by atoms with Gasteiger partial charge in [-0.05, 0) is 12.8 Å². The standard InChI is InChI=1S/C12H25N3O2.ClH/c1-4-6-14-11(16)9-15(7-5-2)12(17)10(3)8-13;/h10H,4-9,13H2,1-3H3,(H,14,16);1H. The molecule has 6 heteroatoms. The Morgan fingerprint density at radius 3 is 2.33 bits per heavy atom. The van der Waals surface area contributed by atoms with Crippen LogP contribution in [0.5, 0.6) is 0 Å². The van der Waals surface area contributed by atoms with E-state index in [9.17, 15) is 9.59 Å². The molecule has 0 aliphatic carbocycles. The molecule has 5 nitrogen and oxygen atoms in total. The molecule has 0 rings (SSSR count). The Bertz CT molecular complexity index is 249. The number of nitrogens with two attached hydrogens (primary N) is 1. The Balaban J connectivity index is 0. The molecular weight excluding hydrogens is 254 g/mol. The molecule has 0 fully saturated rings. The summed E-state index contributed by atoms with van der Waals surface area (Å²) in [5, 5.41) is 2.77. The molecular formula is C12H26ClN3O2. The maximum atomic E-state index is 11.9. The topological polar surface area (TPSA) is 75.4 Å². The predicted octanol–water partition coefficient (Wildman–Crippen LogP) is 0.768. The lowest BCUT2D eigenvalue weighted by Crippen LogP contribution is -2.44. The van der Waals surface area contributed by atoms with E-state index in [1.54, 1.807) is 11.8 Å². The van der Waals surface area contributed by atoms with Crippen molar-refractivity contribution in [3.05, 3.63) is 0 Å². The summed E-state index contributed by atoms with van der Waals surface area (Å²) in [4.78, 5) is 25.1. The highest BCUT2D eigenvalue weighted by Crippen LogP contribution is 2.02. The summed E-state index contributed by atoms with van der Waals surface area (Å²) < 4.78 is 0. The van der Waals surface area contributed by atoms with Gasteiger partial charge in [0, 0.05) is 25.6 Å². The van der Waals surface area contributed by atoms with E-state index in [-0.39, 0.29) is 36.7 Å². The zero-order valence-corrected chi connectivity index (χ0v) is 12.4. The van der Waals surface area contributed by atoms with Crippen molar-refractivity contribution < 1.29 is 9.59 Å². The van der Waals surface area contributed by atoms with Gasteiger partial charge >= 0.3 is 0 Å². The quantitative estimate of drug-likeness (QED) is 0.689. The molecule has 3 N–H and O–H groups in total. The van der Waals surface area contributed by atoms with Crippen molar-refractivity contribution in [2.45, 2.75) is 33.6 Å². The Morgan fingerprint density at radius 1 is 1.28 bits per heavy atom. The van der Waals surface area contributed by atoms with Gasteiger partial charge in [0.25, 0.3) is 0 Å². The number of nitrogens with zero attached hydrogens (tertiary/aromatic N) is 1. The molecule has 2 amide bonds. The van der Waals surface area contributed by atoms with Crippen LogP contribution in [0.4, 0.5) is 0 Å². The summed E-state index contributed by atoms with van der Waals surface area (Å²) in [7, 11) is 0. The molecule has 0 aromatic rings. The Labute approximate surface area is 116 Å². The largest absolute Gasteiger partial charge is 0.355 e. The first-order valence-corrected chi connectivity index (χ1v) is 6.32. The van der Waals surface area contributed by atoms with Crippen molar-refractivity contribution in [1.29, 1.82) is 0 Å². The molecule has 0 aliphatic heterocycles. The molecule has 0 aromatic carbocycles. The minimum absolute atomic E-state index is 0. The molecule has 108 valence electrons. The van der Waals surface area contributed by atoms with Crippen LogP contribution in [0.25, 0.3) is 0 Å². The van der Waals surface area contributed by atoms with E-state index in [4.69, 9.17) is 5.73 Å². The summed E-state index contributed by atoms with van der Waals surface area (Å²) in [6, 6.07) is 0. The number of hydrogen-bond acceptors (Lipinski definition) is 3. The molecule has 0 aliphatic rings. The van der Waals surface area contributed by atoms with E-state index >= 15 is 0 Å². The third-order valence-electron chi connectivity index (χ3n) is 2.49. The number of carbonyl (C=O) groups is 2. The van der Waals surface area contributed by atoms with Crippen molar-refractivity contribution in [2.24, 2.45) is 11.7 Å². The van der Waals surface area contributed by atoms with Crippen molar-refractivity contribution >= 4 is 24.2 Å². The fourth-order valence-electron chi connectivity index (χ4n) is 1.44. The first kappa shape index (κ1) is 19.5. The van der Waals surface area contributed by atoms with Gasteiger partial charge in [0.2, 0.25) is 11.8 Å². The van der Waals surface area contributed by atoms with Crippen LogP contribution in [0, 0.1) is 5.92 Å². The van der Waals surface area contributed by atoms with Gasteiger partial charge in [-0.3, -0.25) is 9.59 Å². The van der Waals surface area contributed by atoms with Crippen LogP contribution in [0.1, 0.15) is 33.6 Å². The van der Waals surface area contributed by atoms with Crippen molar-refractivity contribution in [1.82, 2.24) is 10.2 Å². The Hall–Kier alpha value is -0.810. The van der Waals surface area contributed by atoms with Crippen molar-refractivity contribution in [3.8, 4) is 0 Å². The molecule has 0 saturated heterocycles. The average Bonchev–Trinajstić information content (AvgIpc) is 2.33. The van der Waals surface area contributed by atoms with E-state index in [1.165, 1.54) is 0 Å². The van der Waals surface area contributed by atoms with Crippen LogP contribution in [-0.4, -0.2) is 42.9 Å². The Morgan fingerprint density at radius 2 is 1.89 bits per heavy atom. The van der Waals surface area contributed by atoms with E-state index in [1.807, 2.05) is 13.8 Å². The van der Waals surface area contributed by atoms with Gasteiger partial charge in [-0.1, -0.05) is 20.8 Å². The van der Waals surface area contributed by atoms with Gasteiger partial charge in [-0.2, -0.15) is 0 Å². The molecule has 0 aromatic heterocycles. The number of rotatable bonds is 8. The van der Waals surface area contributed by atoms with Gasteiger partial charge in [-0.15, -0.1) is 12.4 Å². The van der Waals surface area contributed by atoms with Gasteiger partial charge in [0.05, 0.1) is 6.54 Å². The molecule has 1 atom stereocenters. The highest BCUT2D eigenvalue weighted by atomic mass is 35.5. The molecule has 18 heavy (non-hydrogen) atoms. The van der Waals surface area contributed by atoms with E-state index < -0.39 is 0 Å². The smallest absolute Gasteiger partial charge is 0.239 e. The second-order valence-corrected chi connectivity index (χ2v) is 4.25. The summed E-state index contributed by atoms with van der Waals surface area (Å²) in [5.74, 6) is -0.362. The first-order valence-electron chi connectivity index (χ1n) is 6.32. The van der Waals surface area contributed by atoms with Crippen LogP contribution in [0.3, 0.4) is 0 Å². The van der Waals surface area contributed by atoms with Crippen molar-refractivity contribution in [3.63, 3.8) is 0 Å². The lowest BCUT2D eigenvalue weighted by molar-refractivity contribution is -0.138. The molecule has 1 unspecified atom stereocenters. The minimum Gasteiger partial charge on any atom is -0.355 e. The second-order valence-electron chi connectivity index (χ2n) is 4.25. The van der Waals surface area contributed by atoms with Crippen LogP contribution >= 0.6 is 12.4 Å². The summed E-state index contributed by atoms with van der Waals surface area (Å²) >= 11 is 0. The summed E-state index contributed by atoms with van der Waals surface area (Å²) in [6.07, 6.45) is 1.73. The average molecular weight is 280 g/mol. The predicted molar refractivity (Wildman–Crippen MR) is 75.6 cm³/mol. The first-order chi connectivity index (χ1) is 8.06. The number of amides is 2. The fourth-order valence-corrected chi connectivity index (χ4v) is 1.44. The van der Waals surface area contributed by atoms with Crippen molar-refractivity contribution in [2.75, 3.05) is 26.2 Å². The second kappa shape index (κ2) is 11.3. The maximum absolute atomic E-state index is 11.9. The highest BCUT2D eigenvalue weighted by Gasteiger charge is 2.20. The monoisotopic (exact) mass is 279 g/mol. The zero-order valence-electron chi connectivity index (χ0n) is 11.6. The third-order valence-corrected chi connectivity index (χ3v) is 2.49.